The molecule has 3 unspecified atom stereocenters. The van der Waals surface area contributed by atoms with Gasteiger partial charge in [-0.05, 0) is 57.9 Å². The minimum absolute atomic E-state index is 0.0108. The second-order valence-electron chi connectivity index (χ2n) is 6.79. The maximum Gasteiger partial charge on any atom is 0.119 e. The number of hydrogen-bond acceptors (Lipinski definition) is 4. The average molecular weight is 292 g/mol. The number of ether oxygens (including phenoxy) is 1. The lowest BCUT2D eigenvalue weighted by Crippen LogP contribution is -2.57. The first-order chi connectivity index (χ1) is 9.81. The van der Waals surface area contributed by atoms with E-state index in [0.717, 1.165) is 24.2 Å². The molecule has 1 aromatic rings. The number of nitrogens with two attached hydrogens (primary N) is 1. The second-order valence-corrected chi connectivity index (χ2v) is 6.79. The van der Waals surface area contributed by atoms with E-state index in [-0.39, 0.29) is 5.92 Å². The summed E-state index contributed by atoms with van der Waals surface area (Å²) in [6, 6.07) is 8.13. The Balaban J connectivity index is 2.41. The molecule has 2 rings (SSSR count). The fraction of sp³-hybridized carbons (Fsp3) is 0.647. The predicted octanol–water partition coefficient (Wildman–Crippen LogP) is 2.01. The summed E-state index contributed by atoms with van der Waals surface area (Å²) in [7, 11) is 3.62. The van der Waals surface area contributed by atoms with Gasteiger partial charge in [0.1, 0.15) is 5.75 Å². The fourth-order valence-corrected chi connectivity index (χ4v) is 3.59. The zero-order valence-electron chi connectivity index (χ0n) is 13.5. The highest BCUT2D eigenvalue weighted by Crippen LogP contribution is 2.46. The highest BCUT2D eigenvalue weighted by atomic mass is 16.5. The molecule has 21 heavy (non-hydrogen) atoms. The van der Waals surface area contributed by atoms with Gasteiger partial charge in [-0.1, -0.05) is 12.1 Å². The maximum atomic E-state index is 11.4. The van der Waals surface area contributed by atoms with Crippen molar-refractivity contribution in [2.45, 2.75) is 50.3 Å². The predicted molar refractivity (Wildman–Crippen MR) is 85.3 cm³/mol. The van der Waals surface area contributed by atoms with Crippen molar-refractivity contribution in [2.75, 3.05) is 14.2 Å². The summed E-state index contributed by atoms with van der Waals surface area (Å²) in [5.74, 6) is 0.758. The van der Waals surface area contributed by atoms with E-state index in [4.69, 9.17) is 10.5 Å². The lowest BCUT2D eigenvalue weighted by molar-refractivity contribution is -0.0853. The fourth-order valence-electron chi connectivity index (χ4n) is 3.59. The number of nitrogens with one attached hydrogen (secondary N) is 1. The Kier molecular flexibility index (Phi) is 4.61. The Bertz CT molecular complexity index is 484. The van der Waals surface area contributed by atoms with Gasteiger partial charge in [-0.25, -0.2) is 0 Å². The Morgan fingerprint density at radius 2 is 2.14 bits per heavy atom. The lowest BCUT2D eigenvalue weighted by Gasteiger charge is -2.49. The number of benzene rings is 1. The van der Waals surface area contributed by atoms with Crippen molar-refractivity contribution in [1.29, 1.82) is 0 Å². The molecule has 1 saturated carbocycles. The third-order valence-corrected chi connectivity index (χ3v) is 4.85. The number of methoxy groups -OCH3 is 1. The molecular weight excluding hydrogens is 264 g/mol. The van der Waals surface area contributed by atoms with E-state index in [9.17, 15) is 5.11 Å². The first-order valence-corrected chi connectivity index (χ1v) is 7.64. The minimum atomic E-state index is -0.903. The second kappa shape index (κ2) is 5.95. The third kappa shape index (κ3) is 3.23. The molecule has 0 bridgehead atoms. The van der Waals surface area contributed by atoms with Gasteiger partial charge in [-0.3, -0.25) is 0 Å². The van der Waals surface area contributed by atoms with E-state index in [0.29, 0.717) is 12.5 Å². The van der Waals surface area contributed by atoms with E-state index < -0.39 is 11.1 Å². The van der Waals surface area contributed by atoms with Crippen molar-refractivity contribution in [1.82, 2.24) is 5.32 Å². The summed E-state index contributed by atoms with van der Waals surface area (Å²) < 4.78 is 5.30. The van der Waals surface area contributed by atoms with Crippen LogP contribution in [0, 0.1) is 5.92 Å². The van der Waals surface area contributed by atoms with Crippen LogP contribution in [0.5, 0.6) is 5.75 Å². The summed E-state index contributed by atoms with van der Waals surface area (Å²) >= 11 is 0. The summed E-state index contributed by atoms with van der Waals surface area (Å²) in [4.78, 5) is 0. The molecule has 0 heterocycles. The van der Waals surface area contributed by atoms with Gasteiger partial charge >= 0.3 is 0 Å². The van der Waals surface area contributed by atoms with Crippen LogP contribution in [0.2, 0.25) is 0 Å². The molecule has 118 valence electrons. The quantitative estimate of drug-likeness (QED) is 0.794. The molecule has 4 heteroatoms. The van der Waals surface area contributed by atoms with Crippen molar-refractivity contribution in [3.05, 3.63) is 29.8 Å². The SMILES string of the molecule is CNC1CCC(O)(c2cccc(OC)c2)C(C(C)(C)N)C1. The van der Waals surface area contributed by atoms with Gasteiger partial charge in [-0.2, -0.15) is 0 Å². The smallest absolute Gasteiger partial charge is 0.119 e. The molecule has 4 nitrogen and oxygen atoms in total. The molecule has 1 aromatic carbocycles. The Labute approximate surface area is 127 Å². The topological polar surface area (TPSA) is 67.5 Å². The van der Waals surface area contributed by atoms with E-state index in [1.54, 1.807) is 7.11 Å². The van der Waals surface area contributed by atoms with Crippen LogP contribution in [0.4, 0.5) is 0 Å². The first-order valence-electron chi connectivity index (χ1n) is 7.64. The standard InChI is InChI=1S/C17H28N2O2/c1-16(2,18)15-11-13(19-3)8-9-17(15,20)12-6-5-7-14(10-12)21-4/h5-7,10,13,15,19-20H,8-9,11,18H2,1-4H3. The largest absolute Gasteiger partial charge is 0.497 e. The molecule has 3 atom stereocenters. The molecule has 0 aromatic heterocycles. The summed E-state index contributed by atoms with van der Waals surface area (Å²) in [5, 5.41) is 14.7. The lowest BCUT2D eigenvalue weighted by atomic mass is 9.63. The molecule has 0 saturated heterocycles. The third-order valence-electron chi connectivity index (χ3n) is 4.85. The molecule has 0 aliphatic heterocycles. The first kappa shape index (κ1) is 16.3. The van der Waals surface area contributed by atoms with Gasteiger partial charge in [0, 0.05) is 17.5 Å². The molecule has 0 spiro atoms. The zero-order chi connectivity index (χ0) is 15.7. The van der Waals surface area contributed by atoms with E-state index in [2.05, 4.69) is 5.32 Å². The van der Waals surface area contributed by atoms with Gasteiger partial charge in [-0.15, -0.1) is 0 Å². The van der Waals surface area contributed by atoms with Crippen LogP contribution >= 0.6 is 0 Å². The van der Waals surface area contributed by atoms with Crippen LogP contribution in [0.25, 0.3) is 0 Å². The molecule has 1 aliphatic rings. The molecule has 1 fully saturated rings. The van der Waals surface area contributed by atoms with E-state index in [1.807, 2.05) is 45.2 Å². The van der Waals surface area contributed by atoms with Gasteiger partial charge < -0.3 is 20.9 Å². The Morgan fingerprint density at radius 3 is 2.71 bits per heavy atom. The highest BCUT2D eigenvalue weighted by molar-refractivity contribution is 5.34. The van der Waals surface area contributed by atoms with Crippen molar-refractivity contribution in [3.8, 4) is 5.75 Å². The maximum absolute atomic E-state index is 11.4. The van der Waals surface area contributed by atoms with Crippen LogP contribution < -0.4 is 15.8 Å². The molecule has 0 amide bonds. The summed E-state index contributed by atoms with van der Waals surface area (Å²) in [6.45, 7) is 4.00. The highest BCUT2D eigenvalue weighted by Gasteiger charge is 2.48. The minimum Gasteiger partial charge on any atom is -0.497 e. The van der Waals surface area contributed by atoms with Crippen LogP contribution in [0.3, 0.4) is 0 Å². The van der Waals surface area contributed by atoms with Crippen LogP contribution in [0.15, 0.2) is 24.3 Å². The van der Waals surface area contributed by atoms with Crippen molar-refractivity contribution in [2.24, 2.45) is 11.7 Å². The van der Waals surface area contributed by atoms with Crippen molar-refractivity contribution >= 4 is 0 Å². The Hall–Kier alpha value is -1.10. The van der Waals surface area contributed by atoms with Gasteiger partial charge in [0.15, 0.2) is 0 Å². The molecule has 1 aliphatic carbocycles. The van der Waals surface area contributed by atoms with Crippen molar-refractivity contribution in [3.63, 3.8) is 0 Å². The van der Waals surface area contributed by atoms with Gasteiger partial charge in [0.2, 0.25) is 0 Å². The zero-order valence-corrected chi connectivity index (χ0v) is 13.5. The van der Waals surface area contributed by atoms with Crippen LogP contribution in [0.1, 0.15) is 38.7 Å². The van der Waals surface area contributed by atoms with Crippen LogP contribution in [-0.2, 0) is 5.60 Å². The van der Waals surface area contributed by atoms with E-state index in [1.165, 1.54) is 0 Å². The monoisotopic (exact) mass is 292 g/mol. The number of aliphatic hydroxyl groups is 1. The number of rotatable bonds is 4. The van der Waals surface area contributed by atoms with Crippen LogP contribution in [-0.4, -0.2) is 30.8 Å². The van der Waals surface area contributed by atoms with Crippen molar-refractivity contribution < 1.29 is 9.84 Å². The molecular formula is C17H28N2O2. The summed E-state index contributed by atoms with van der Waals surface area (Å²) in [5.41, 5.74) is 5.94. The van der Waals surface area contributed by atoms with Gasteiger partial charge in [0.05, 0.1) is 12.7 Å². The normalized spacial score (nSPS) is 30.2. The molecule has 4 N–H and O–H groups in total. The summed E-state index contributed by atoms with van der Waals surface area (Å²) in [6.07, 6.45) is 2.52. The van der Waals surface area contributed by atoms with Gasteiger partial charge in [0.25, 0.3) is 0 Å². The Morgan fingerprint density at radius 1 is 1.43 bits per heavy atom. The van der Waals surface area contributed by atoms with E-state index >= 15 is 0 Å². The average Bonchev–Trinajstić information content (AvgIpc) is 2.46. The molecule has 0 radical (unpaired) electrons. The number of hydrogen-bond donors (Lipinski definition) is 3.